The van der Waals surface area contributed by atoms with Gasteiger partial charge in [0, 0.05) is 12.1 Å². The molecule has 0 aliphatic rings. The van der Waals surface area contributed by atoms with Crippen LogP contribution in [0.2, 0.25) is 0 Å². The normalized spacial score (nSPS) is 8.71. The molecule has 0 saturated carbocycles. The number of aryl methyl sites for hydroxylation is 1. The van der Waals surface area contributed by atoms with Crippen LogP contribution in [0.15, 0.2) is 43.0 Å². The molecule has 0 aliphatic carbocycles. The lowest BCUT2D eigenvalue weighted by atomic mass is 10.1. The van der Waals surface area contributed by atoms with Crippen molar-refractivity contribution in [1.82, 2.24) is 5.32 Å². The Morgan fingerprint density at radius 2 is 1.59 bits per heavy atom. The summed E-state index contributed by atoms with van der Waals surface area (Å²) in [4.78, 5) is 20.6. The molecular formula is C25H39F3N4O2. The third-order valence-electron chi connectivity index (χ3n) is 3.06. The minimum absolute atomic E-state index is 0.0294. The first kappa shape index (κ1) is 35.3. The highest BCUT2D eigenvalue weighted by Crippen LogP contribution is 2.27. The predicted molar refractivity (Wildman–Crippen MR) is 136 cm³/mol. The SMILES string of the molecule is C=CCNC(N)=O.CC.CC(C)C.CN.Cc1ccc(Nc2c(C=O)ccc(F)c2F)c(F)c1. The lowest BCUT2D eigenvalue weighted by Gasteiger charge is -2.11. The zero-order chi connectivity index (χ0) is 27.3. The van der Waals surface area contributed by atoms with Crippen LogP contribution in [0.1, 0.15) is 50.5 Å². The molecule has 34 heavy (non-hydrogen) atoms. The van der Waals surface area contributed by atoms with E-state index in [-0.39, 0.29) is 16.9 Å². The summed E-state index contributed by atoms with van der Waals surface area (Å²) in [5.74, 6) is -2.11. The first-order valence-corrected chi connectivity index (χ1v) is 10.7. The van der Waals surface area contributed by atoms with Crippen molar-refractivity contribution < 1.29 is 22.8 Å². The van der Waals surface area contributed by atoms with E-state index in [1.165, 1.54) is 19.2 Å². The van der Waals surface area contributed by atoms with Crippen molar-refractivity contribution in [2.75, 3.05) is 18.9 Å². The molecule has 2 aromatic rings. The van der Waals surface area contributed by atoms with Gasteiger partial charge in [0.05, 0.1) is 11.4 Å². The molecule has 0 spiro atoms. The van der Waals surface area contributed by atoms with E-state index in [0.29, 0.717) is 18.4 Å². The van der Waals surface area contributed by atoms with Crippen LogP contribution < -0.4 is 22.1 Å². The molecule has 0 saturated heterocycles. The number of nitrogens with one attached hydrogen (secondary N) is 2. The lowest BCUT2D eigenvalue weighted by Crippen LogP contribution is -2.28. The van der Waals surface area contributed by atoms with Gasteiger partial charge >= 0.3 is 6.03 Å². The second kappa shape index (κ2) is 21.5. The number of urea groups is 1. The summed E-state index contributed by atoms with van der Waals surface area (Å²) < 4.78 is 40.4. The highest BCUT2D eigenvalue weighted by Gasteiger charge is 2.14. The Morgan fingerprint density at radius 3 is 1.97 bits per heavy atom. The average Bonchev–Trinajstić information content (AvgIpc) is 2.80. The van der Waals surface area contributed by atoms with Gasteiger partial charge in [0.2, 0.25) is 0 Å². The Labute approximate surface area is 201 Å². The molecule has 192 valence electrons. The van der Waals surface area contributed by atoms with Crippen LogP contribution in [-0.4, -0.2) is 25.9 Å². The zero-order valence-corrected chi connectivity index (χ0v) is 21.1. The summed E-state index contributed by atoms with van der Waals surface area (Å²) in [7, 11) is 1.50. The number of amides is 2. The maximum absolute atomic E-state index is 13.6. The zero-order valence-electron chi connectivity index (χ0n) is 21.1. The van der Waals surface area contributed by atoms with Gasteiger partial charge < -0.3 is 22.1 Å². The van der Waals surface area contributed by atoms with Crippen LogP contribution >= 0.6 is 0 Å². The molecule has 6 N–H and O–H groups in total. The largest absolute Gasteiger partial charge is 0.352 e. The number of carbonyl (C=O) groups excluding carboxylic acids is 2. The minimum Gasteiger partial charge on any atom is -0.352 e. The van der Waals surface area contributed by atoms with Gasteiger partial charge in [-0.3, -0.25) is 4.79 Å². The molecule has 0 atom stereocenters. The Kier molecular flexibility index (Phi) is 22.3. The number of carbonyl (C=O) groups is 2. The van der Waals surface area contributed by atoms with Crippen LogP contribution in [-0.2, 0) is 0 Å². The Morgan fingerprint density at radius 1 is 1.06 bits per heavy atom. The average molecular weight is 485 g/mol. The molecule has 0 radical (unpaired) electrons. The topological polar surface area (TPSA) is 110 Å². The summed E-state index contributed by atoms with van der Waals surface area (Å²) >= 11 is 0. The van der Waals surface area contributed by atoms with Crippen molar-refractivity contribution in [3.8, 4) is 0 Å². The molecule has 0 bridgehead atoms. The molecule has 0 aliphatic heterocycles. The van der Waals surface area contributed by atoms with Crippen LogP contribution in [0.25, 0.3) is 0 Å². The maximum Gasteiger partial charge on any atom is 0.312 e. The van der Waals surface area contributed by atoms with E-state index in [4.69, 9.17) is 0 Å². The number of halogens is 3. The fourth-order valence-corrected chi connectivity index (χ4v) is 1.82. The van der Waals surface area contributed by atoms with E-state index in [1.807, 2.05) is 13.8 Å². The summed E-state index contributed by atoms with van der Waals surface area (Å²) in [5, 5.41) is 4.72. The van der Waals surface area contributed by atoms with Crippen LogP contribution in [0.5, 0.6) is 0 Å². The molecule has 0 heterocycles. The van der Waals surface area contributed by atoms with E-state index in [1.54, 1.807) is 19.1 Å². The van der Waals surface area contributed by atoms with Gasteiger partial charge in [0.25, 0.3) is 0 Å². The Bertz CT molecular complexity index is 858. The third-order valence-corrected chi connectivity index (χ3v) is 3.06. The van der Waals surface area contributed by atoms with Crippen molar-refractivity contribution in [3.63, 3.8) is 0 Å². The van der Waals surface area contributed by atoms with Gasteiger partial charge in [0.1, 0.15) is 5.82 Å². The fraction of sp³-hybridized carbons (Fsp3) is 0.360. The Hall–Kier alpha value is -3.33. The molecular weight excluding hydrogens is 445 g/mol. The number of hydrogen-bond acceptors (Lipinski definition) is 4. The number of primary amides is 1. The van der Waals surface area contributed by atoms with Crippen molar-refractivity contribution in [2.24, 2.45) is 17.4 Å². The smallest absolute Gasteiger partial charge is 0.312 e. The minimum atomic E-state index is -1.22. The van der Waals surface area contributed by atoms with Crippen molar-refractivity contribution in [3.05, 3.63) is 71.6 Å². The van der Waals surface area contributed by atoms with Crippen LogP contribution in [0.3, 0.4) is 0 Å². The number of hydrogen-bond donors (Lipinski definition) is 4. The summed E-state index contributed by atoms with van der Waals surface area (Å²) in [5.41, 5.74) is 9.38. The van der Waals surface area contributed by atoms with Gasteiger partial charge in [-0.2, -0.15) is 0 Å². The number of rotatable bonds is 5. The predicted octanol–water partition coefficient (Wildman–Crippen LogP) is 6.07. The number of nitrogens with two attached hydrogens (primary N) is 2. The van der Waals surface area contributed by atoms with Crippen LogP contribution in [0, 0.1) is 30.3 Å². The van der Waals surface area contributed by atoms with E-state index in [9.17, 15) is 22.8 Å². The number of anilines is 2. The summed E-state index contributed by atoms with van der Waals surface area (Å²) in [6.45, 7) is 16.0. The molecule has 0 unspecified atom stereocenters. The number of aldehydes is 1. The maximum atomic E-state index is 13.6. The molecule has 9 heteroatoms. The van der Waals surface area contributed by atoms with Gasteiger partial charge in [-0.05, 0) is 49.7 Å². The summed E-state index contributed by atoms with van der Waals surface area (Å²) in [6.07, 6.45) is 1.93. The van der Waals surface area contributed by atoms with Gasteiger partial charge in [-0.25, -0.2) is 18.0 Å². The molecule has 2 aromatic carbocycles. The van der Waals surface area contributed by atoms with Crippen LogP contribution in [0.4, 0.5) is 29.3 Å². The Balaban J connectivity index is -0.000000533. The van der Waals surface area contributed by atoms with Crippen molar-refractivity contribution in [1.29, 1.82) is 0 Å². The standard InChI is InChI=1S/C14H10F3NO.C4H8N2O.C4H10.C2H6.CH5N/c1-8-2-5-12(11(16)6-8)18-14-9(7-19)3-4-10(15)13(14)17;1-2-3-6-4(5)7;1-4(2)3;2*1-2/h2-7,18H,1H3;2H,1,3H2,(H3,5,6,7);4H,1-3H3;1-2H3;2H2,1H3. The molecule has 2 rings (SSSR count). The molecule has 0 fully saturated rings. The van der Waals surface area contributed by atoms with Crippen molar-refractivity contribution >= 4 is 23.7 Å². The highest BCUT2D eigenvalue weighted by molar-refractivity contribution is 5.86. The van der Waals surface area contributed by atoms with Gasteiger partial charge in [0.15, 0.2) is 17.9 Å². The number of benzene rings is 2. The first-order valence-electron chi connectivity index (χ1n) is 10.7. The second-order valence-electron chi connectivity index (χ2n) is 6.82. The van der Waals surface area contributed by atoms with E-state index < -0.39 is 23.5 Å². The van der Waals surface area contributed by atoms with E-state index in [2.05, 4.69) is 49.5 Å². The lowest BCUT2D eigenvalue weighted by molar-refractivity contribution is 0.112. The first-order chi connectivity index (χ1) is 16.0. The molecule has 2 amide bonds. The monoisotopic (exact) mass is 484 g/mol. The highest BCUT2D eigenvalue weighted by atomic mass is 19.2. The molecule has 0 aromatic heterocycles. The molecule has 6 nitrogen and oxygen atoms in total. The van der Waals surface area contributed by atoms with E-state index in [0.717, 1.165) is 18.1 Å². The quantitative estimate of drug-likeness (QED) is 0.305. The fourth-order valence-electron chi connectivity index (χ4n) is 1.82. The second-order valence-corrected chi connectivity index (χ2v) is 6.82. The van der Waals surface area contributed by atoms with E-state index >= 15 is 0 Å². The van der Waals surface area contributed by atoms with Gasteiger partial charge in [-0.15, -0.1) is 6.58 Å². The van der Waals surface area contributed by atoms with Crippen molar-refractivity contribution in [2.45, 2.75) is 41.5 Å². The summed E-state index contributed by atoms with van der Waals surface area (Å²) in [6, 6.07) is 5.71. The third kappa shape index (κ3) is 16.3. The van der Waals surface area contributed by atoms with Gasteiger partial charge in [-0.1, -0.05) is 46.8 Å².